The number of sulfonamides is 1. The Bertz CT molecular complexity index is 1440. The lowest BCUT2D eigenvalue weighted by Crippen LogP contribution is -2.29. The van der Waals surface area contributed by atoms with Crippen LogP contribution in [-0.2, 0) is 21.2 Å². The van der Waals surface area contributed by atoms with E-state index in [2.05, 4.69) is 15.0 Å². The van der Waals surface area contributed by atoms with Crippen LogP contribution in [0.2, 0.25) is 0 Å². The number of ether oxygens (including phenoxy) is 1. The molecule has 5 rings (SSSR count). The number of carbonyl (C=O) groups is 1. The van der Waals surface area contributed by atoms with Crippen LogP contribution in [0.25, 0.3) is 10.9 Å². The van der Waals surface area contributed by atoms with Crippen molar-refractivity contribution in [3.05, 3.63) is 89.6 Å². The molecule has 0 saturated carbocycles. The number of benzene rings is 3. The highest BCUT2D eigenvalue weighted by Crippen LogP contribution is 2.32. The first kappa shape index (κ1) is 21.2. The standard InChI is InChI=1S/C25H23N3O4S/c1-32-18-8-6-16(7-9-18)21(22-14-26-24-5-3-2-4-20(22)24)15-27-33(30,31)19-10-11-23-17(12-19)13-25(29)28-23/h2-12,14,21,26-27H,13,15H2,1H3,(H,28,29)/t21-/m0/s1. The summed E-state index contributed by atoms with van der Waals surface area (Å²) < 4.78 is 34.3. The number of aromatic nitrogens is 1. The average Bonchev–Trinajstić information content (AvgIpc) is 3.42. The number of carbonyl (C=O) groups excluding carboxylic acids is 1. The second kappa shape index (κ2) is 8.38. The second-order valence-corrected chi connectivity index (χ2v) is 9.78. The molecule has 0 saturated heterocycles. The van der Waals surface area contributed by atoms with Crippen LogP contribution in [0.3, 0.4) is 0 Å². The fourth-order valence-electron chi connectivity index (χ4n) is 4.28. The highest BCUT2D eigenvalue weighted by molar-refractivity contribution is 7.89. The summed E-state index contributed by atoms with van der Waals surface area (Å²) in [4.78, 5) is 15.1. The highest BCUT2D eigenvalue weighted by atomic mass is 32.2. The minimum absolute atomic E-state index is 0.133. The summed E-state index contributed by atoms with van der Waals surface area (Å²) in [6.07, 6.45) is 2.11. The van der Waals surface area contributed by atoms with Crippen LogP contribution in [0.4, 0.5) is 5.69 Å². The topological polar surface area (TPSA) is 100 Å². The smallest absolute Gasteiger partial charge is 0.240 e. The fraction of sp³-hybridized carbons (Fsp3) is 0.160. The van der Waals surface area contributed by atoms with Gasteiger partial charge in [0.15, 0.2) is 0 Å². The Kier molecular flexibility index (Phi) is 5.39. The molecule has 8 heteroatoms. The van der Waals surface area contributed by atoms with Crippen LogP contribution in [-0.4, -0.2) is 33.0 Å². The minimum Gasteiger partial charge on any atom is -0.497 e. The van der Waals surface area contributed by atoms with Crippen LogP contribution in [0.1, 0.15) is 22.6 Å². The Labute approximate surface area is 191 Å². The van der Waals surface area contributed by atoms with Crippen LogP contribution < -0.4 is 14.8 Å². The number of rotatable bonds is 7. The normalized spacial score (nSPS) is 14.2. The molecule has 4 aromatic rings. The Morgan fingerprint density at radius 3 is 2.64 bits per heavy atom. The molecule has 1 atom stereocenters. The van der Waals surface area contributed by atoms with Crippen molar-refractivity contribution in [1.82, 2.24) is 9.71 Å². The van der Waals surface area contributed by atoms with E-state index < -0.39 is 10.0 Å². The number of anilines is 1. The van der Waals surface area contributed by atoms with Gasteiger partial charge in [-0.3, -0.25) is 4.79 Å². The molecule has 0 bridgehead atoms. The van der Waals surface area contributed by atoms with Gasteiger partial charge in [-0.05, 0) is 53.1 Å². The van der Waals surface area contributed by atoms with Gasteiger partial charge in [0.2, 0.25) is 15.9 Å². The quantitative estimate of drug-likeness (QED) is 0.390. The van der Waals surface area contributed by atoms with E-state index in [-0.39, 0.29) is 29.7 Å². The molecule has 1 aromatic heterocycles. The molecular weight excluding hydrogens is 438 g/mol. The monoisotopic (exact) mass is 461 g/mol. The van der Waals surface area contributed by atoms with Crippen molar-refractivity contribution in [1.29, 1.82) is 0 Å². The zero-order valence-electron chi connectivity index (χ0n) is 18.0. The van der Waals surface area contributed by atoms with E-state index in [9.17, 15) is 13.2 Å². The summed E-state index contributed by atoms with van der Waals surface area (Å²) >= 11 is 0. The lowest BCUT2D eigenvalue weighted by Gasteiger charge is -2.19. The van der Waals surface area contributed by atoms with E-state index >= 15 is 0 Å². The number of para-hydroxylation sites is 1. The summed E-state index contributed by atoms with van der Waals surface area (Å²) in [6, 6.07) is 20.3. The number of hydrogen-bond acceptors (Lipinski definition) is 4. The molecule has 1 aliphatic heterocycles. The summed E-state index contributed by atoms with van der Waals surface area (Å²) in [5, 5.41) is 3.77. The van der Waals surface area contributed by atoms with Crippen molar-refractivity contribution in [3.63, 3.8) is 0 Å². The van der Waals surface area contributed by atoms with Crippen molar-refractivity contribution >= 4 is 32.5 Å². The Hall–Kier alpha value is -3.62. The van der Waals surface area contributed by atoms with Crippen molar-refractivity contribution < 1.29 is 17.9 Å². The molecule has 0 fully saturated rings. The molecule has 2 heterocycles. The summed E-state index contributed by atoms with van der Waals surface area (Å²) in [7, 11) is -2.17. The first-order valence-corrected chi connectivity index (χ1v) is 12.1. The van der Waals surface area contributed by atoms with Gasteiger partial charge < -0.3 is 15.0 Å². The van der Waals surface area contributed by atoms with Gasteiger partial charge in [-0.15, -0.1) is 0 Å². The van der Waals surface area contributed by atoms with Gasteiger partial charge in [-0.2, -0.15) is 0 Å². The summed E-state index contributed by atoms with van der Waals surface area (Å²) in [5.74, 6) is 0.379. The average molecular weight is 462 g/mol. The van der Waals surface area contributed by atoms with Gasteiger partial charge in [0.25, 0.3) is 0 Å². The van der Waals surface area contributed by atoms with E-state index in [0.29, 0.717) is 11.3 Å². The summed E-state index contributed by atoms with van der Waals surface area (Å²) in [6.45, 7) is 0.171. The zero-order valence-corrected chi connectivity index (χ0v) is 18.8. The lowest BCUT2D eigenvalue weighted by atomic mass is 9.91. The molecule has 33 heavy (non-hydrogen) atoms. The number of H-pyrrole nitrogens is 1. The summed E-state index contributed by atoms with van der Waals surface area (Å²) in [5.41, 5.74) is 4.30. The fourth-order valence-corrected chi connectivity index (χ4v) is 5.37. The Morgan fingerprint density at radius 2 is 1.85 bits per heavy atom. The molecule has 7 nitrogen and oxygen atoms in total. The predicted molar refractivity (Wildman–Crippen MR) is 127 cm³/mol. The van der Waals surface area contributed by atoms with E-state index in [1.165, 1.54) is 6.07 Å². The van der Waals surface area contributed by atoms with Gasteiger partial charge in [0, 0.05) is 35.2 Å². The number of amides is 1. The highest BCUT2D eigenvalue weighted by Gasteiger charge is 2.24. The van der Waals surface area contributed by atoms with E-state index in [4.69, 9.17) is 4.74 Å². The molecule has 3 N–H and O–H groups in total. The third kappa shape index (κ3) is 4.10. The van der Waals surface area contributed by atoms with Crippen LogP contribution in [0.5, 0.6) is 5.75 Å². The number of hydrogen-bond donors (Lipinski definition) is 3. The maximum atomic E-state index is 13.1. The number of aromatic amines is 1. The van der Waals surface area contributed by atoms with Gasteiger partial charge in [0.1, 0.15) is 5.75 Å². The molecule has 3 aromatic carbocycles. The van der Waals surface area contributed by atoms with Crippen molar-refractivity contribution in [2.45, 2.75) is 17.2 Å². The number of fused-ring (bicyclic) bond motifs is 2. The molecule has 0 radical (unpaired) electrons. The first-order chi connectivity index (χ1) is 15.9. The van der Waals surface area contributed by atoms with Gasteiger partial charge in [-0.25, -0.2) is 13.1 Å². The second-order valence-electron chi connectivity index (χ2n) is 8.01. The largest absolute Gasteiger partial charge is 0.497 e. The number of methoxy groups -OCH3 is 1. The third-order valence-corrected chi connectivity index (χ3v) is 7.43. The minimum atomic E-state index is -3.78. The Balaban J connectivity index is 1.47. The SMILES string of the molecule is COc1ccc([C@H](CNS(=O)(=O)c2ccc3c(c2)CC(=O)N3)c2c[nH]c3ccccc23)cc1. The van der Waals surface area contributed by atoms with E-state index in [1.54, 1.807) is 19.2 Å². The number of nitrogens with one attached hydrogen (secondary N) is 3. The first-order valence-electron chi connectivity index (χ1n) is 10.6. The van der Waals surface area contributed by atoms with Crippen molar-refractivity contribution in [2.75, 3.05) is 19.0 Å². The molecule has 1 aliphatic rings. The maximum absolute atomic E-state index is 13.1. The molecule has 0 aliphatic carbocycles. The van der Waals surface area contributed by atoms with Crippen LogP contribution >= 0.6 is 0 Å². The van der Waals surface area contributed by atoms with Crippen LogP contribution in [0, 0.1) is 0 Å². The Morgan fingerprint density at radius 1 is 1.06 bits per heavy atom. The van der Waals surface area contributed by atoms with Gasteiger partial charge in [0.05, 0.1) is 18.4 Å². The maximum Gasteiger partial charge on any atom is 0.240 e. The van der Waals surface area contributed by atoms with Crippen molar-refractivity contribution in [2.24, 2.45) is 0 Å². The van der Waals surface area contributed by atoms with E-state index in [0.717, 1.165) is 27.8 Å². The van der Waals surface area contributed by atoms with Crippen molar-refractivity contribution in [3.8, 4) is 5.75 Å². The van der Waals surface area contributed by atoms with E-state index in [1.807, 2.05) is 54.7 Å². The molecule has 0 spiro atoms. The lowest BCUT2D eigenvalue weighted by molar-refractivity contribution is -0.115. The zero-order chi connectivity index (χ0) is 23.0. The molecule has 0 unspecified atom stereocenters. The molecule has 1 amide bonds. The van der Waals surface area contributed by atoms with Crippen LogP contribution in [0.15, 0.2) is 77.8 Å². The van der Waals surface area contributed by atoms with Gasteiger partial charge in [-0.1, -0.05) is 30.3 Å². The predicted octanol–water partition coefficient (Wildman–Crippen LogP) is 3.78. The molecule has 168 valence electrons. The van der Waals surface area contributed by atoms with Gasteiger partial charge >= 0.3 is 0 Å². The third-order valence-electron chi connectivity index (χ3n) is 6.00. The molecular formula is C25H23N3O4S.